The quantitative estimate of drug-likeness (QED) is 0.767. The Morgan fingerprint density at radius 2 is 1.56 bits per heavy atom. The second-order valence-electron chi connectivity index (χ2n) is 3.46. The summed E-state index contributed by atoms with van der Waals surface area (Å²) in [5, 5.41) is 0. The van der Waals surface area contributed by atoms with Gasteiger partial charge < -0.3 is 0 Å². The topological polar surface area (TPSA) is 0 Å². The molecule has 0 aromatic heterocycles. The van der Waals surface area contributed by atoms with Crippen LogP contribution in [0.5, 0.6) is 0 Å². The van der Waals surface area contributed by atoms with E-state index in [1.807, 2.05) is 23.5 Å². The van der Waals surface area contributed by atoms with E-state index in [1.165, 1.54) is 15.4 Å². The minimum Gasteiger partial charge on any atom is -0.161 e. The third-order valence-electron chi connectivity index (χ3n) is 2.24. The highest BCUT2D eigenvalue weighted by molar-refractivity contribution is 7.99. The predicted octanol–water partition coefficient (Wildman–Crippen LogP) is 4.70. The molecular weight excluding hydrogens is 232 g/mol. The summed E-state index contributed by atoms with van der Waals surface area (Å²) in [4.78, 5) is 2.67. The van der Waals surface area contributed by atoms with Crippen molar-refractivity contribution >= 4 is 23.5 Å². The zero-order valence-electron chi connectivity index (χ0n) is 9.22. The summed E-state index contributed by atoms with van der Waals surface area (Å²) in [5.41, 5.74) is 1.42. The molecule has 0 saturated heterocycles. The Hall–Kier alpha value is -0.860. The van der Waals surface area contributed by atoms with Crippen molar-refractivity contribution in [3.8, 4) is 0 Å². The molecule has 0 fully saturated rings. The fourth-order valence-corrected chi connectivity index (χ4v) is 3.11. The van der Waals surface area contributed by atoms with Crippen molar-refractivity contribution in [3.63, 3.8) is 0 Å². The molecule has 2 aromatic rings. The molecule has 0 bridgehead atoms. The van der Waals surface area contributed by atoms with Crippen molar-refractivity contribution in [1.82, 2.24) is 0 Å². The van der Waals surface area contributed by atoms with Crippen LogP contribution in [0, 0.1) is 0 Å². The van der Waals surface area contributed by atoms with E-state index in [9.17, 15) is 0 Å². The minimum absolute atomic E-state index is 1.08. The highest BCUT2D eigenvalue weighted by Crippen LogP contribution is 2.31. The molecule has 16 heavy (non-hydrogen) atoms. The predicted molar refractivity (Wildman–Crippen MR) is 74.2 cm³/mol. The summed E-state index contributed by atoms with van der Waals surface area (Å²) >= 11 is 3.71. The lowest BCUT2D eigenvalue weighted by atomic mass is 10.2. The molecule has 0 unspecified atom stereocenters. The molecular formula is C14H14S2. The summed E-state index contributed by atoms with van der Waals surface area (Å²) in [6, 6.07) is 19.2. The van der Waals surface area contributed by atoms with Gasteiger partial charge in [-0.25, -0.2) is 0 Å². The highest BCUT2D eigenvalue weighted by atomic mass is 32.2. The minimum atomic E-state index is 1.08. The van der Waals surface area contributed by atoms with Gasteiger partial charge in [-0.15, -0.1) is 0 Å². The van der Waals surface area contributed by atoms with Crippen molar-refractivity contribution in [2.45, 2.75) is 15.5 Å². The van der Waals surface area contributed by atoms with Gasteiger partial charge in [0.05, 0.1) is 0 Å². The van der Waals surface area contributed by atoms with E-state index in [-0.39, 0.29) is 0 Å². The molecule has 2 rings (SSSR count). The number of thioether (sulfide) groups is 1. The lowest BCUT2D eigenvalue weighted by Crippen LogP contribution is -1.84. The molecule has 82 valence electrons. The van der Waals surface area contributed by atoms with Gasteiger partial charge >= 0.3 is 0 Å². The molecule has 2 heteroatoms. The van der Waals surface area contributed by atoms with Gasteiger partial charge in [0.1, 0.15) is 0 Å². The first-order valence-electron chi connectivity index (χ1n) is 5.20. The maximum absolute atomic E-state index is 2.21. The standard InChI is InChI=1S/C14H14S2/c1-15-11-12-7-5-6-10-14(12)16-13-8-3-2-4-9-13/h2-10H,11H2,1H3. The van der Waals surface area contributed by atoms with Gasteiger partial charge in [0.15, 0.2) is 0 Å². The van der Waals surface area contributed by atoms with E-state index in [0.717, 1.165) is 5.75 Å². The van der Waals surface area contributed by atoms with Crippen LogP contribution < -0.4 is 0 Å². The van der Waals surface area contributed by atoms with Crippen LogP contribution in [0.25, 0.3) is 0 Å². The van der Waals surface area contributed by atoms with E-state index in [0.29, 0.717) is 0 Å². The van der Waals surface area contributed by atoms with Crippen LogP contribution in [0.1, 0.15) is 5.56 Å². The Morgan fingerprint density at radius 3 is 2.31 bits per heavy atom. The Balaban J connectivity index is 2.21. The first-order chi connectivity index (χ1) is 7.90. The molecule has 0 spiro atoms. The molecule has 0 aliphatic rings. The number of rotatable bonds is 4. The van der Waals surface area contributed by atoms with Gasteiger partial charge in [-0.3, -0.25) is 0 Å². The van der Waals surface area contributed by atoms with Gasteiger partial charge in [-0.1, -0.05) is 48.2 Å². The second-order valence-corrected chi connectivity index (χ2v) is 5.44. The third-order valence-corrected chi connectivity index (χ3v) is 3.97. The highest BCUT2D eigenvalue weighted by Gasteiger charge is 2.02. The average molecular weight is 246 g/mol. The third kappa shape index (κ3) is 3.06. The summed E-state index contributed by atoms with van der Waals surface area (Å²) in [5.74, 6) is 1.08. The maximum atomic E-state index is 2.21. The average Bonchev–Trinajstić information content (AvgIpc) is 2.33. The summed E-state index contributed by atoms with van der Waals surface area (Å²) in [7, 11) is 0. The van der Waals surface area contributed by atoms with Crippen molar-refractivity contribution in [2.75, 3.05) is 6.26 Å². The molecule has 0 amide bonds. The molecule has 0 nitrogen and oxygen atoms in total. The molecule has 0 aliphatic carbocycles. The van der Waals surface area contributed by atoms with Gasteiger partial charge in [0, 0.05) is 15.5 Å². The van der Waals surface area contributed by atoms with E-state index in [4.69, 9.17) is 0 Å². The van der Waals surface area contributed by atoms with E-state index < -0.39 is 0 Å². The SMILES string of the molecule is CSCc1ccccc1Sc1ccccc1. The summed E-state index contributed by atoms with van der Waals surface area (Å²) in [6.45, 7) is 0. The second kappa shape index (κ2) is 6.02. The first-order valence-corrected chi connectivity index (χ1v) is 7.41. The van der Waals surface area contributed by atoms with Gasteiger partial charge in [0.25, 0.3) is 0 Å². The van der Waals surface area contributed by atoms with Crippen LogP contribution >= 0.6 is 23.5 Å². The number of hydrogen-bond donors (Lipinski definition) is 0. The van der Waals surface area contributed by atoms with Crippen molar-refractivity contribution in [3.05, 3.63) is 60.2 Å². The molecule has 2 aromatic carbocycles. The smallest absolute Gasteiger partial charge is 0.0193 e. The zero-order chi connectivity index (χ0) is 11.2. The summed E-state index contributed by atoms with van der Waals surface area (Å²) in [6.07, 6.45) is 2.14. The molecule has 0 aliphatic heterocycles. The number of benzene rings is 2. The lowest BCUT2D eigenvalue weighted by molar-refractivity contribution is 1.26. The molecule has 0 radical (unpaired) electrons. The normalized spacial score (nSPS) is 10.3. The van der Waals surface area contributed by atoms with E-state index >= 15 is 0 Å². The van der Waals surface area contributed by atoms with Crippen LogP contribution in [0.4, 0.5) is 0 Å². The van der Waals surface area contributed by atoms with Gasteiger partial charge in [-0.05, 0) is 30.0 Å². The van der Waals surface area contributed by atoms with Crippen LogP contribution in [0.15, 0.2) is 64.4 Å². The van der Waals surface area contributed by atoms with Gasteiger partial charge in [0.2, 0.25) is 0 Å². The lowest BCUT2D eigenvalue weighted by Gasteiger charge is -2.07. The zero-order valence-corrected chi connectivity index (χ0v) is 10.9. The monoisotopic (exact) mass is 246 g/mol. The first kappa shape index (κ1) is 11.6. The van der Waals surface area contributed by atoms with Crippen LogP contribution in [0.2, 0.25) is 0 Å². The maximum Gasteiger partial charge on any atom is 0.0193 e. The Labute approximate surface area is 105 Å². The van der Waals surface area contributed by atoms with Crippen molar-refractivity contribution < 1.29 is 0 Å². The molecule has 0 atom stereocenters. The van der Waals surface area contributed by atoms with Crippen LogP contribution in [0.3, 0.4) is 0 Å². The van der Waals surface area contributed by atoms with Crippen molar-refractivity contribution in [2.24, 2.45) is 0 Å². The summed E-state index contributed by atoms with van der Waals surface area (Å²) < 4.78 is 0. The van der Waals surface area contributed by atoms with E-state index in [1.54, 1.807) is 0 Å². The Morgan fingerprint density at radius 1 is 0.875 bits per heavy atom. The molecule has 0 N–H and O–H groups in total. The van der Waals surface area contributed by atoms with E-state index in [2.05, 4.69) is 60.9 Å². The molecule has 0 saturated carbocycles. The van der Waals surface area contributed by atoms with Crippen molar-refractivity contribution in [1.29, 1.82) is 0 Å². The fourth-order valence-electron chi connectivity index (χ4n) is 1.49. The Bertz CT molecular complexity index is 437. The molecule has 0 heterocycles. The Kier molecular flexibility index (Phi) is 4.37. The van der Waals surface area contributed by atoms with Gasteiger partial charge in [-0.2, -0.15) is 11.8 Å². The largest absolute Gasteiger partial charge is 0.161 e. The fraction of sp³-hybridized carbons (Fsp3) is 0.143. The van der Waals surface area contributed by atoms with Crippen LogP contribution in [-0.4, -0.2) is 6.26 Å². The van der Waals surface area contributed by atoms with Crippen LogP contribution in [-0.2, 0) is 5.75 Å². The number of hydrogen-bond acceptors (Lipinski definition) is 2.